The fraction of sp³-hybridized carbons (Fsp3) is 0.929. The number of nitrogens with zero attached hydrogens (tertiary/aromatic N) is 1. The molecule has 1 aliphatic carbocycles. The van der Waals surface area contributed by atoms with Gasteiger partial charge in [-0.25, -0.2) is 0 Å². The summed E-state index contributed by atoms with van der Waals surface area (Å²) >= 11 is 0. The van der Waals surface area contributed by atoms with Crippen molar-refractivity contribution >= 4 is 5.71 Å². The third-order valence-electron chi connectivity index (χ3n) is 3.89. The van der Waals surface area contributed by atoms with Crippen molar-refractivity contribution in [2.45, 2.75) is 70.0 Å². The van der Waals surface area contributed by atoms with E-state index in [0.717, 1.165) is 25.7 Å². The fourth-order valence-corrected chi connectivity index (χ4v) is 2.69. The predicted molar refractivity (Wildman–Crippen MR) is 72.1 cm³/mol. The number of hydrogen-bond donors (Lipinski definition) is 1. The van der Waals surface area contributed by atoms with Gasteiger partial charge in [-0.05, 0) is 19.3 Å². The molecule has 0 spiro atoms. The molecule has 1 N–H and O–H groups in total. The van der Waals surface area contributed by atoms with Crippen molar-refractivity contribution in [1.29, 1.82) is 0 Å². The van der Waals surface area contributed by atoms with Gasteiger partial charge in [0.1, 0.15) is 5.71 Å². The average Bonchev–Trinajstić information content (AvgIpc) is 2.40. The third kappa shape index (κ3) is 4.25. The lowest BCUT2D eigenvalue weighted by Gasteiger charge is -2.31. The van der Waals surface area contributed by atoms with Crippen LogP contribution in [-0.4, -0.2) is 30.9 Å². The SMILES string of the molecule is COC1(OC)CCCCCCCCCCC1=NO. The van der Waals surface area contributed by atoms with Gasteiger partial charge in [0.05, 0.1) is 0 Å². The number of rotatable bonds is 2. The van der Waals surface area contributed by atoms with Crippen LogP contribution in [0.1, 0.15) is 64.2 Å². The highest BCUT2D eigenvalue weighted by Gasteiger charge is 2.35. The second-order valence-electron chi connectivity index (χ2n) is 5.04. The zero-order valence-corrected chi connectivity index (χ0v) is 11.8. The molecule has 0 heterocycles. The summed E-state index contributed by atoms with van der Waals surface area (Å²) in [5.74, 6) is -0.825. The Morgan fingerprint density at radius 2 is 1.39 bits per heavy atom. The summed E-state index contributed by atoms with van der Waals surface area (Å²) in [6.45, 7) is 0. The number of oxime groups is 1. The Morgan fingerprint density at radius 3 is 1.89 bits per heavy atom. The van der Waals surface area contributed by atoms with Gasteiger partial charge in [-0.1, -0.05) is 43.7 Å². The summed E-state index contributed by atoms with van der Waals surface area (Å²) in [5, 5.41) is 12.7. The van der Waals surface area contributed by atoms with Crippen LogP contribution in [0.2, 0.25) is 0 Å². The van der Waals surface area contributed by atoms with Crippen LogP contribution < -0.4 is 0 Å². The lowest BCUT2D eigenvalue weighted by molar-refractivity contribution is -0.161. The maximum atomic E-state index is 9.22. The van der Waals surface area contributed by atoms with E-state index in [1.165, 1.54) is 38.5 Å². The van der Waals surface area contributed by atoms with E-state index >= 15 is 0 Å². The van der Waals surface area contributed by atoms with Crippen molar-refractivity contribution in [3.63, 3.8) is 0 Å². The Balaban J connectivity index is 2.72. The molecule has 0 unspecified atom stereocenters. The second-order valence-corrected chi connectivity index (χ2v) is 5.04. The first kappa shape index (κ1) is 15.4. The smallest absolute Gasteiger partial charge is 0.211 e. The number of methoxy groups -OCH3 is 2. The molecule has 1 aliphatic rings. The molecule has 4 nitrogen and oxygen atoms in total. The normalized spacial score (nSPS) is 25.3. The van der Waals surface area contributed by atoms with Crippen molar-refractivity contribution in [1.82, 2.24) is 0 Å². The zero-order chi connectivity index (χ0) is 13.3. The summed E-state index contributed by atoms with van der Waals surface area (Å²) in [5.41, 5.74) is 0.632. The monoisotopic (exact) mass is 257 g/mol. The Labute approximate surface area is 110 Å². The molecular weight excluding hydrogens is 230 g/mol. The molecule has 1 fully saturated rings. The van der Waals surface area contributed by atoms with Crippen LogP contribution in [0.25, 0.3) is 0 Å². The minimum absolute atomic E-state index is 0.632. The molecule has 0 bridgehead atoms. The molecule has 1 saturated carbocycles. The van der Waals surface area contributed by atoms with E-state index in [-0.39, 0.29) is 0 Å². The first-order valence-corrected chi connectivity index (χ1v) is 7.11. The van der Waals surface area contributed by atoms with Gasteiger partial charge < -0.3 is 14.7 Å². The minimum atomic E-state index is -0.825. The van der Waals surface area contributed by atoms with E-state index in [4.69, 9.17) is 9.47 Å². The molecule has 0 saturated heterocycles. The predicted octanol–water partition coefficient (Wildman–Crippen LogP) is 3.72. The summed E-state index contributed by atoms with van der Waals surface area (Å²) < 4.78 is 11.0. The van der Waals surface area contributed by atoms with Gasteiger partial charge in [-0.15, -0.1) is 0 Å². The van der Waals surface area contributed by atoms with Gasteiger partial charge in [0, 0.05) is 20.6 Å². The van der Waals surface area contributed by atoms with Gasteiger partial charge in [0.25, 0.3) is 0 Å². The quantitative estimate of drug-likeness (QED) is 0.466. The highest BCUT2D eigenvalue weighted by molar-refractivity contribution is 5.90. The fourth-order valence-electron chi connectivity index (χ4n) is 2.69. The van der Waals surface area contributed by atoms with Crippen LogP contribution in [-0.2, 0) is 9.47 Å². The second kappa shape index (κ2) is 8.48. The van der Waals surface area contributed by atoms with Crippen LogP contribution >= 0.6 is 0 Å². The summed E-state index contributed by atoms with van der Waals surface area (Å²) in [6, 6.07) is 0. The summed E-state index contributed by atoms with van der Waals surface area (Å²) in [4.78, 5) is 0. The van der Waals surface area contributed by atoms with Crippen LogP contribution in [0.4, 0.5) is 0 Å². The van der Waals surface area contributed by atoms with Crippen LogP contribution in [0.15, 0.2) is 5.16 Å². The summed E-state index contributed by atoms with van der Waals surface area (Å²) in [7, 11) is 3.25. The topological polar surface area (TPSA) is 51.0 Å². The third-order valence-corrected chi connectivity index (χ3v) is 3.89. The van der Waals surface area contributed by atoms with Gasteiger partial charge in [-0.3, -0.25) is 0 Å². The Hall–Kier alpha value is -0.610. The number of ether oxygens (including phenoxy) is 2. The first-order valence-electron chi connectivity index (χ1n) is 7.11. The molecule has 106 valence electrons. The molecule has 0 aliphatic heterocycles. The largest absolute Gasteiger partial charge is 0.411 e. The van der Waals surface area contributed by atoms with Gasteiger partial charge in [-0.2, -0.15) is 0 Å². The molecule has 0 aromatic heterocycles. The Bertz CT molecular complexity index is 249. The molecule has 0 radical (unpaired) electrons. The molecule has 18 heavy (non-hydrogen) atoms. The highest BCUT2D eigenvalue weighted by atomic mass is 16.7. The average molecular weight is 257 g/mol. The van der Waals surface area contributed by atoms with E-state index in [0.29, 0.717) is 5.71 Å². The van der Waals surface area contributed by atoms with Crippen LogP contribution in [0.3, 0.4) is 0 Å². The number of hydrogen-bond acceptors (Lipinski definition) is 4. The van der Waals surface area contributed by atoms with Gasteiger partial charge >= 0.3 is 0 Å². The van der Waals surface area contributed by atoms with Crippen LogP contribution in [0, 0.1) is 0 Å². The molecule has 0 aromatic carbocycles. The molecule has 4 heteroatoms. The Kier molecular flexibility index (Phi) is 7.28. The highest BCUT2D eigenvalue weighted by Crippen LogP contribution is 2.26. The van der Waals surface area contributed by atoms with Gasteiger partial charge in [0.15, 0.2) is 0 Å². The van der Waals surface area contributed by atoms with E-state index in [1.807, 2.05) is 0 Å². The molecule has 0 atom stereocenters. The maximum absolute atomic E-state index is 9.22. The van der Waals surface area contributed by atoms with Crippen molar-refractivity contribution in [2.24, 2.45) is 5.16 Å². The van der Waals surface area contributed by atoms with E-state index in [2.05, 4.69) is 5.16 Å². The Morgan fingerprint density at radius 1 is 0.889 bits per heavy atom. The summed E-state index contributed by atoms with van der Waals surface area (Å²) in [6.07, 6.45) is 11.2. The maximum Gasteiger partial charge on any atom is 0.211 e. The van der Waals surface area contributed by atoms with Gasteiger partial charge in [0.2, 0.25) is 5.79 Å². The molecule has 0 amide bonds. The lowest BCUT2D eigenvalue weighted by Crippen LogP contribution is -2.43. The molecular formula is C14H27NO3. The minimum Gasteiger partial charge on any atom is -0.411 e. The van der Waals surface area contributed by atoms with E-state index in [1.54, 1.807) is 14.2 Å². The standard InChI is InChI=1S/C14H27NO3/c1-17-14(18-2)12-10-8-6-4-3-5-7-9-11-13(14)15-16/h16H,3-12H2,1-2H3. The van der Waals surface area contributed by atoms with Crippen molar-refractivity contribution in [3.05, 3.63) is 0 Å². The van der Waals surface area contributed by atoms with Crippen molar-refractivity contribution in [2.75, 3.05) is 14.2 Å². The molecule has 1 rings (SSSR count). The van der Waals surface area contributed by atoms with E-state index in [9.17, 15) is 5.21 Å². The molecule has 0 aromatic rings. The van der Waals surface area contributed by atoms with Crippen LogP contribution in [0.5, 0.6) is 0 Å². The van der Waals surface area contributed by atoms with E-state index < -0.39 is 5.79 Å². The first-order chi connectivity index (χ1) is 8.79. The van der Waals surface area contributed by atoms with Crippen molar-refractivity contribution in [3.8, 4) is 0 Å². The lowest BCUT2D eigenvalue weighted by atomic mass is 9.95. The zero-order valence-electron chi connectivity index (χ0n) is 11.8. The van der Waals surface area contributed by atoms with Crippen molar-refractivity contribution < 1.29 is 14.7 Å².